The number of carbonyl (C=O) groups is 1. The highest BCUT2D eigenvalue weighted by Crippen LogP contribution is 2.17. The first-order chi connectivity index (χ1) is 12.3. The molecular formula is C19H14N4O2. The van der Waals surface area contributed by atoms with Crippen LogP contribution in [0.3, 0.4) is 0 Å². The van der Waals surface area contributed by atoms with E-state index in [0.717, 1.165) is 16.5 Å². The maximum Gasteiger partial charge on any atom is 0.432 e. The molecule has 6 heteroatoms. The minimum Gasteiger partial charge on any atom is -0.406 e. The minimum absolute atomic E-state index is 0.272. The van der Waals surface area contributed by atoms with Crippen molar-refractivity contribution in [3.05, 3.63) is 79.3 Å². The van der Waals surface area contributed by atoms with E-state index in [0.29, 0.717) is 5.82 Å². The van der Waals surface area contributed by atoms with Gasteiger partial charge in [-0.2, -0.15) is 0 Å². The molecule has 1 amide bonds. The average molecular weight is 330 g/mol. The summed E-state index contributed by atoms with van der Waals surface area (Å²) in [6, 6.07) is 19.2. The molecule has 0 spiro atoms. The largest absolute Gasteiger partial charge is 0.432 e. The summed E-state index contributed by atoms with van der Waals surface area (Å²) in [5.74, 6) is 0.846. The number of aromatic nitrogens is 3. The van der Waals surface area contributed by atoms with Gasteiger partial charge in [0.1, 0.15) is 0 Å². The van der Waals surface area contributed by atoms with Crippen LogP contribution in [0.15, 0.2) is 79.3 Å². The van der Waals surface area contributed by atoms with Gasteiger partial charge in [0, 0.05) is 17.1 Å². The van der Waals surface area contributed by atoms with Gasteiger partial charge in [0.2, 0.25) is 0 Å². The molecule has 0 aliphatic heterocycles. The fourth-order valence-electron chi connectivity index (χ4n) is 2.51. The van der Waals surface area contributed by atoms with E-state index in [-0.39, 0.29) is 5.75 Å². The Kier molecular flexibility index (Phi) is 3.84. The highest BCUT2D eigenvalue weighted by atomic mass is 16.6. The van der Waals surface area contributed by atoms with Crippen molar-refractivity contribution in [2.24, 2.45) is 0 Å². The number of benzene rings is 2. The van der Waals surface area contributed by atoms with E-state index in [9.17, 15) is 4.79 Å². The number of para-hydroxylation sites is 1. The Bertz CT molecular complexity index is 1010. The lowest BCUT2D eigenvalue weighted by atomic mass is 10.2. The average Bonchev–Trinajstić information content (AvgIpc) is 3.06. The molecule has 122 valence electrons. The summed E-state index contributed by atoms with van der Waals surface area (Å²) in [7, 11) is 0. The van der Waals surface area contributed by atoms with E-state index in [1.165, 1.54) is 12.4 Å². The minimum atomic E-state index is -0.614. The zero-order valence-corrected chi connectivity index (χ0v) is 13.2. The van der Waals surface area contributed by atoms with Crippen molar-refractivity contribution in [2.75, 3.05) is 5.43 Å². The predicted molar refractivity (Wildman–Crippen MR) is 94.8 cm³/mol. The molecule has 0 fully saturated rings. The topological polar surface area (TPSA) is 69.0 Å². The zero-order valence-electron chi connectivity index (χ0n) is 13.2. The van der Waals surface area contributed by atoms with E-state index >= 15 is 0 Å². The lowest BCUT2D eigenvalue weighted by Crippen LogP contribution is -2.25. The van der Waals surface area contributed by atoms with Gasteiger partial charge in [-0.15, -0.1) is 0 Å². The number of hydrogen-bond donors (Lipinski definition) is 1. The molecule has 0 saturated carbocycles. The number of nitrogens with one attached hydrogen (secondary N) is 1. The first kappa shape index (κ1) is 14.9. The zero-order chi connectivity index (χ0) is 17.1. The van der Waals surface area contributed by atoms with Gasteiger partial charge in [-0.3, -0.25) is 4.68 Å². The predicted octanol–water partition coefficient (Wildman–Crippen LogP) is 3.84. The van der Waals surface area contributed by atoms with Crippen LogP contribution in [0.2, 0.25) is 0 Å². The summed E-state index contributed by atoms with van der Waals surface area (Å²) in [6.07, 6.45) is 4.10. The molecule has 25 heavy (non-hydrogen) atoms. The molecule has 1 N–H and O–H groups in total. The summed E-state index contributed by atoms with van der Waals surface area (Å²) in [4.78, 5) is 20.5. The van der Waals surface area contributed by atoms with E-state index in [1.54, 1.807) is 10.9 Å². The number of nitrogens with zero attached hydrogens (tertiary/aromatic N) is 3. The molecule has 0 aliphatic rings. The molecule has 6 nitrogen and oxygen atoms in total. The van der Waals surface area contributed by atoms with Gasteiger partial charge in [0.05, 0.1) is 17.9 Å². The van der Waals surface area contributed by atoms with Gasteiger partial charge in [0.15, 0.2) is 11.6 Å². The molecule has 0 atom stereocenters. The van der Waals surface area contributed by atoms with Crippen molar-refractivity contribution in [1.29, 1.82) is 0 Å². The highest BCUT2D eigenvalue weighted by Gasteiger charge is 2.08. The Morgan fingerprint density at radius 2 is 1.64 bits per heavy atom. The van der Waals surface area contributed by atoms with Gasteiger partial charge in [0.25, 0.3) is 0 Å². The Hall–Kier alpha value is -3.67. The fourth-order valence-corrected chi connectivity index (χ4v) is 2.51. The third kappa shape index (κ3) is 3.18. The van der Waals surface area contributed by atoms with Crippen molar-refractivity contribution in [2.45, 2.75) is 0 Å². The van der Waals surface area contributed by atoms with Crippen LogP contribution in [0, 0.1) is 0 Å². The highest BCUT2D eigenvalue weighted by molar-refractivity contribution is 5.85. The molecule has 4 aromatic rings. The SMILES string of the molecule is O=C(Nn1ccc2ccccc21)Oc1cnc(-c2ccccc2)nc1. The van der Waals surface area contributed by atoms with Gasteiger partial charge in [-0.25, -0.2) is 20.2 Å². The second-order valence-electron chi connectivity index (χ2n) is 5.35. The molecule has 2 aromatic heterocycles. The van der Waals surface area contributed by atoms with Crippen molar-refractivity contribution >= 4 is 17.0 Å². The van der Waals surface area contributed by atoms with Crippen molar-refractivity contribution in [1.82, 2.24) is 14.6 Å². The second-order valence-corrected chi connectivity index (χ2v) is 5.35. The smallest absolute Gasteiger partial charge is 0.406 e. The van der Waals surface area contributed by atoms with Gasteiger partial charge in [-0.1, -0.05) is 48.5 Å². The normalized spacial score (nSPS) is 10.6. The standard InChI is InChI=1S/C19H14N4O2/c24-19(22-23-11-10-14-6-4-5-9-17(14)23)25-16-12-20-18(21-13-16)15-7-2-1-3-8-15/h1-13H,(H,22,24). The molecule has 0 bridgehead atoms. The molecule has 4 rings (SSSR count). The van der Waals surface area contributed by atoms with Crippen LogP contribution in [0.1, 0.15) is 0 Å². The number of rotatable bonds is 3. The number of carbonyl (C=O) groups excluding carboxylic acids is 1. The Morgan fingerprint density at radius 1 is 0.920 bits per heavy atom. The van der Waals surface area contributed by atoms with Crippen LogP contribution in [-0.4, -0.2) is 20.7 Å². The third-order valence-electron chi connectivity index (χ3n) is 3.68. The second kappa shape index (κ2) is 6.45. The number of fused-ring (bicyclic) bond motifs is 1. The number of ether oxygens (including phenoxy) is 1. The summed E-state index contributed by atoms with van der Waals surface area (Å²) in [6.45, 7) is 0. The Balaban J connectivity index is 1.46. The van der Waals surface area contributed by atoms with Gasteiger partial charge >= 0.3 is 6.09 Å². The van der Waals surface area contributed by atoms with Crippen molar-refractivity contribution in [3.63, 3.8) is 0 Å². The molecule has 0 aliphatic carbocycles. The van der Waals surface area contributed by atoms with E-state index in [1.807, 2.05) is 60.7 Å². The molecule has 0 unspecified atom stereocenters. The van der Waals surface area contributed by atoms with E-state index in [4.69, 9.17) is 4.74 Å². The number of hydrogen-bond acceptors (Lipinski definition) is 4. The molecule has 0 saturated heterocycles. The maximum atomic E-state index is 12.1. The molecule has 2 heterocycles. The monoisotopic (exact) mass is 330 g/mol. The molecular weight excluding hydrogens is 316 g/mol. The Morgan fingerprint density at radius 3 is 2.44 bits per heavy atom. The van der Waals surface area contributed by atoms with E-state index in [2.05, 4.69) is 15.4 Å². The first-order valence-corrected chi connectivity index (χ1v) is 7.72. The lowest BCUT2D eigenvalue weighted by Gasteiger charge is -2.08. The summed E-state index contributed by atoms with van der Waals surface area (Å²) in [5, 5.41) is 1.03. The van der Waals surface area contributed by atoms with Crippen molar-refractivity contribution in [3.8, 4) is 17.1 Å². The maximum absolute atomic E-state index is 12.1. The summed E-state index contributed by atoms with van der Waals surface area (Å²) < 4.78 is 6.84. The van der Waals surface area contributed by atoms with Crippen LogP contribution in [0.25, 0.3) is 22.3 Å². The third-order valence-corrected chi connectivity index (χ3v) is 3.68. The number of amides is 1. The molecule has 2 aromatic carbocycles. The van der Waals surface area contributed by atoms with Gasteiger partial charge in [-0.05, 0) is 12.1 Å². The Labute approximate surface area is 143 Å². The van der Waals surface area contributed by atoms with Crippen LogP contribution in [-0.2, 0) is 0 Å². The van der Waals surface area contributed by atoms with Crippen LogP contribution in [0.5, 0.6) is 5.75 Å². The fraction of sp³-hybridized carbons (Fsp3) is 0. The lowest BCUT2D eigenvalue weighted by molar-refractivity contribution is 0.211. The first-order valence-electron chi connectivity index (χ1n) is 7.72. The van der Waals surface area contributed by atoms with Crippen LogP contribution in [0.4, 0.5) is 4.79 Å². The quantitative estimate of drug-likeness (QED) is 0.619. The van der Waals surface area contributed by atoms with Crippen molar-refractivity contribution < 1.29 is 9.53 Å². The van der Waals surface area contributed by atoms with Crippen LogP contribution >= 0.6 is 0 Å². The summed E-state index contributed by atoms with van der Waals surface area (Å²) >= 11 is 0. The summed E-state index contributed by atoms with van der Waals surface area (Å²) in [5.41, 5.74) is 4.44. The molecule has 0 radical (unpaired) electrons. The van der Waals surface area contributed by atoms with Crippen LogP contribution < -0.4 is 10.2 Å². The van der Waals surface area contributed by atoms with Gasteiger partial charge < -0.3 is 4.74 Å². The van der Waals surface area contributed by atoms with E-state index < -0.39 is 6.09 Å².